The fourth-order valence-corrected chi connectivity index (χ4v) is 4.03. The van der Waals surface area contributed by atoms with Crippen molar-refractivity contribution >= 4 is 22.1 Å². The average Bonchev–Trinajstić information content (AvgIpc) is 2.83. The molecule has 0 spiro atoms. The first-order valence-electron chi connectivity index (χ1n) is 11.9. The predicted octanol–water partition coefficient (Wildman–Crippen LogP) is 6.22. The number of pyridine rings is 2. The second-order valence-electron chi connectivity index (χ2n) is 11.0. The Hall–Kier alpha value is -3.80. The van der Waals surface area contributed by atoms with Gasteiger partial charge in [0.05, 0.1) is 16.7 Å². The molecule has 4 heterocycles. The number of fused-ring (bicyclic) bond motifs is 2. The first-order valence-corrected chi connectivity index (χ1v) is 11.9. The van der Waals surface area contributed by atoms with E-state index in [9.17, 15) is 0 Å². The summed E-state index contributed by atoms with van der Waals surface area (Å²) in [6.45, 7) is 12.8. The van der Waals surface area contributed by atoms with Gasteiger partial charge in [-0.1, -0.05) is 71.9 Å². The summed E-state index contributed by atoms with van der Waals surface area (Å²) in [4.78, 5) is 29.2. The van der Waals surface area contributed by atoms with Crippen molar-refractivity contribution in [3.63, 3.8) is 0 Å². The van der Waals surface area contributed by atoms with E-state index in [1.165, 1.54) is 0 Å². The van der Waals surface area contributed by atoms with Crippen LogP contribution in [0.1, 0.15) is 64.4 Å². The minimum atomic E-state index is -0.215. The lowest BCUT2D eigenvalue weighted by molar-refractivity contribution is 0.545. The summed E-state index contributed by atoms with van der Waals surface area (Å²) in [6, 6.07) is 16.1. The van der Waals surface area contributed by atoms with E-state index in [0.717, 1.165) is 56.2 Å². The molecule has 0 saturated carbocycles. The lowest BCUT2D eigenvalue weighted by Crippen LogP contribution is -2.18. The molecule has 0 aliphatic heterocycles. The second-order valence-corrected chi connectivity index (χ2v) is 11.0. The summed E-state index contributed by atoms with van der Waals surface area (Å²) < 4.78 is 0. The number of aromatic nitrogens is 6. The Balaban J connectivity index is 1.75. The number of hydrogen-bond donors (Lipinski definition) is 0. The molecule has 0 unspecified atom stereocenters. The molecule has 0 amide bonds. The molecule has 0 N–H and O–H groups in total. The van der Waals surface area contributed by atoms with E-state index in [-0.39, 0.29) is 10.8 Å². The minimum Gasteiger partial charge on any atom is -0.253 e. The summed E-state index contributed by atoms with van der Waals surface area (Å²) in [6.07, 6.45) is 4.21. The molecule has 1 aromatic carbocycles. The van der Waals surface area contributed by atoms with Crippen molar-refractivity contribution in [1.82, 2.24) is 29.9 Å². The maximum atomic E-state index is 5.04. The molecule has 5 rings (SSSR count). The molecule has 0 bridgehead atoms. The van der Waals surface area contributed by atoms with Crippen molar-refractivity contribution in [2.75, 3.05) is 0 Å². The molecule has 176 valence electrons. The SMILES string of the molecule is CC(C)(C)c1nc(Cc2ccnc3c(-c4ccccc4)nc(C(C)(C)C)nc23)c2ncccc2n1. The van der Waals surface area contributed by atoms with Gasteiger partial charge in [-0.2, -0.15) is 0 Å². The lowest BCUT2D eigenvalue weighted by Gasteiger charge is -2.20. The van der Waals surface area contributed by atoms with Crippen molar-refractivity contribution in [1.29, 1.82) is 0 Å². The van der Waals surface area contributed by atoms with E-state index in [0.29, 0.717) is 6.42 Å². The summed E-state index contributed by atoms with van der Waals surface area (Å²) in [5, 5.41) is 0. The maximum Gasteiger partial charge on any atom is 0.135 e. The smallest absolute Gasteiger partial charge is 0.135 e. The van der Waals surface area contributed by atoms with Gasteiger partial charge in [-0.3, -0.25) is 9.97 Å². The van der Waals surface area contributed by atoms with E-state index in [4.69, 9.17) is 24.9 Å². The van der Waals surface area contributed by atoms with E-state index in [2.05, 4.69) is 58.7 Å². The van der Waals surface area contributed by atoms with Gasteiger partial charge in [0.15, 0.2) is 0 Å². The van der Waals surface area contributed by atoms with E-state index >= 15 is 0 Å². The predicted molar refractivity (Wildman–Crippen MR) is 140 cm³/mol. The molecule has 0 fully saturated rings. The topological polar surface area (TPSA) is 77.3 Å². The van der Waals surface area contributed by atoms with Gasteiger partial charge in [-0.15, -0.1) is 0 Å². The first-order chi connectivity index (χ1) is 16.6. The van der Waals surface area contributed by atoms with E-state index in [1.54, 1.807) is 6.20 Å². The Morgan fingerprint density at radius 3 is 2.00 bits per heavy atom. The van der Waals surface area contributed by atoms with Gasteiger partial charge in [-0.05, 0) is 23.8 Å². The van der Waals surface area contributed by atoms with Crippen LogP contribution >= 0.6 is 0 Å². The number of benzene rings is 1. The molecule has 0 aliphatic rings. The molecule has 4 aromatic heterocycles. The van der Waals surface area contributed by atoms with Gasteiger partial charge in [0, 0.05) is 35.2 Å². The normalized spacial score (nSPS) is 12.4. The zero-order valence-corrected chi connectivity index (χ0v) is 21.2. The quantitative estimate of drug-likeness (QED) is 0.317. The Bertz CT molecular complexity index is 1530. The van der Waals surface area contributed by atoms with Gasteiger partial charge < -0.3 is 0 Å². The van der Waals surface area contributed by atoms with Gasteiger partial charge >= 0.3 is 0 Å². The molecule has 0 aliphatic carbocycles. The number of rotatable bonds is 3. The molecule has 0 atom stereocenters. The third-order valence-corrected chi connectivity index (χ3v) is 5.94. The highest BCUT2D eigenvalue weighted by Gasteiger charge is 2.24. The highest BCUT2D eigenvalue weighted by Crippen LogP contribution is 2.31. The molecule has 5 aromatic rings. The highest BCUT2D eigenvalue weighted by atomic mass is 15.0. The largest absolute Gasteiger partial charge is 0.253 e. The monoisotopic (exact) mass is 462 g/mol. The summed E-state index contributed by atoms with van der Waals surface area (Å²) in [7, 11) is 0. The zero-order chi connectivity index (χ0) is 24.8. The van der Waals surface area contributed by atoms with Crippen LogP contribution in [0.3, 0.4) is 0 Å². The average molecular weight is 463 g/mol. The fourth-order valence-electron chi connectivity index (χ4n) is 4.03. The Morgan fingerprint density at radius 2 is 1.29 bits per heavy atom. The number of nitrogens with zero attached hydrogens (tertiary/aromatic N) is 6. The third kappa shape index (κ3) is 4.48. The minimum absolute atomic E-state index is 0.179. The van der Waals surface area contributed by atoms with E-state index in [1.807, 2.05) is 42.6 Å². The molecular formula is C29H30N6. The standard InChI is InChI=1S/C29H30N6/c1-28(2,3)26-32-20-13-10-15-30-24(20)21(33-26)17-19-14-16-31-25-22(18-11-8-7-9-12-18)34-27(29(4,5)6)35-23(19)25/h7-16H,17H2,1-6H3. The van der Waals surface area contributed by atoms with Crippen molar-refractivity contribution in [3.8, 4) is 11.3 Å². The van der Waals surface area contributed by atoms with Crippen LogP contribution in [0.5, 0.6) is 0 Å². The lowest BCUT2D eigenvalue weighted by atomic mass is 9.94. The Kier molecular flexibility index (Phi) is 5.55. The summed E-state index contributed by atoms with van der Waals surface area (Å²) >= 11 is 0. The zero-order valence-electron chi connectivity index (χ0n) is 21.2. The van der Waals surface area contributed by atoms with Crippen LogP contribution in [-0.4, -0.2) is 29.9 Å². The van der Waals surface area contributed by atoms with Gasteiger partial charge in [-0.25, -0.2) is 19.9 Å². The molecule has 6 nitrogen and oxygen atoms in total. The molecular weight excluding hydrogens is 432 g/mol. The van der Waals surface area contributed by atoms with Crippen LogP contribution in [0.25, 0.3) is 33.3 Å². The highest BCUT2D eigenvalue weighted by molar-refractivity contribution is 5.91. The first kappa shape index (κ1) is 23.0. The van der Waals surface area contributed by atoms with Crippen molar-refractivity contribution in [2.45, 2.75) is 58.8 Å². The van der Waals surface area contributed by atoms with Crippen molar-refractivity contribution < 1.29 is 0 Å². The molecule has 0 saturated heterocycles. The molecule has 6 heteroatoms. The van der Waals surface area contributed by atoms with Crippen LogP contribution in [0.4, 0.5) is 0 Å². The number of hydrogen-bond acceptors (Lipinski definition) is 6. The van der Waals surface area contributed by atoms with Crippen LogP contribution < -0.4 is 0 Å². The van der Waals surface area contributed by atoms with Gasteiger partial charge in [0.2, 0.25) is 0 Å². The summed E-state index contributed by atoms with van der Waals surface area (Å²) in [5.41, 5.74) is 6.75. The van der Waals surface area contributed by atoms with Crippen LogP contribution in [0, 0.1) is 0 Å². The second kappa shape index (κ2) is 8.45. The Labute approximate surface area is 206 Å². The molecule has 35 heavy (non-hydrogen) atoms. The Morgan fingerprint density at radius 1 is 0.600 bits per heavy atom. The van der Waals surface area contributed by atoms with Crippen molar-refractivity contribution in [2.24, 2.45) is 0 Å². The maximum absolute atomic E-state index is 5.04. The third-order valence-electron chi connectivity index (χ3n) is 5.94. The van der Waals surface area contributed by atoms with Gasteiger partial charge in [0.1, 0.15) is 28.4 Å². The van der Waals surface area contributed by atoms with Crippen molar-refractivity contribution in [3.05, 3.63) is 83.8 Å². The van der Waals surface area contributed by atoms with Crippen LogP contribution in [0.2, 0.25) is 0 Å². The van der Waals surface area contributed by atoms with Crippen LogP contribution in [-0.2, 0) is 17.3 Å². The summed E-state index contributed by atoms with van der Waals surface area (Å²) in [5.74, 6) is 1.60. The van der Waals surface area contributed by atoms with Crippen LogP contribution in [0.15, 0.2) is 60.9 Å². The molecule has 0 radical (unpaired) electrons. The van der Waals surface area contributed by atoms with E-state index < -0.39 is 0 Å². The fraction of sp³-hybridized carbons (Fsp3) is 0.310. The van der Waals surface area contributed by atoms with Gasteiger partial charge in [0.25, 0.3) is 0 Å².